The first-order valence-corrected chi connectivity index (χ1v) is 7.88. The Balaban J connectivity index is 1.99. The third-order valence-corrected chi connectivity index (χ3v) is 3.76. The topological polar surface area (TPSA) is 88.9 Å². The van der Waals surface area contributed by atoms with E-state index in [-0.39, 0.29) is 19.7 Å². The summed E-state index contributed by atoms with van der Waals surface area (Å²) in [5.74, 6) is 0.110. The van der Waals surface area contributed by atoms with Crippen molar-refractivity contribution in [1.29, 1.82) is 5.26 Å². The minimum absolute atomic E-state index is 0.0743. The summed E-state index contributed by atoms with van der Waals surface area (Å²) in [4.78, 5) is 25.7. The van der Waals surface area contributed by atoms with Gasteiger partial charge in [0.2, 0.25) is 0 Å². The predicted octanol–water partition coefficient (Wildman–Crippen LogP) is 2.35. The summed E-state index contributed by atoms with van der Waals surface area (Å²) in [6.45, 7) is 5.77. The van der Waals surface area contributed by atoms with Crippen LogP contribution in [0.4, 0.5) is 4.79 Å². The number of rotatable bonds is 4. The molecule has 0 atom stereocenters. The quantitative estimate of drug-likeness (QED) is 0.778. The summed E-state index contributed by atoms with van der Waals surface area (Å²) in [5, 5.41) is 8.80. The molecule has 25 heavy (non-hydrogen) atoms. The highest BCUT2D eigenvalue weighted by atomic mass is 16.6. The molecule has 0 spiro atoms. The Kier molecular flexibility index (Phi) is 5.21. The van der Waals surface area contributed by atoms with Crippen LogP contribution in [-0.4, -0.2) is 49.4 Å². The van der Waals surface area contributed by atoms with Gasteiger partial charge < -0.3 is 19.1 Å². The van der Waals surface area contributed by atoms with Gasteiger partial charge in [-0.3, -0.25) is 4.79 Å². The van der Waals surface area contributed by atoms with E-state index in [1.165, 1.54) is 12.0 Å². The van der Waals surface area contributed by atoms with E-state index in [2.05, 4.69) is 0 Å². The number of methoxy groups -OCH3 is 1. The largest absolute Gasteiger partial charge is 0.492 e. The number of esters is 1. The molecule has 0 N–H and O–H groups in total. The number of benzene rings is 1. The molecule has 0 saturated carbocycles. The monoisotopic (exact) mass is 346 g/mol. The average molecular weight is 346 g/mol. The number of ether oxygens (including phenoxy) is 3. The van der Waals surface area contributed by atoms with Crippen LogP contribution in [0, 0.1) is 16.7 Å². The van der Waals surface area contributed by atoms with Crippen molar-refractivity contribution < 1.29 is 23.8 Å². The van der Waals surface area contributed by atoms with Gasteiger partial charge in [-0.25, -0.2) is 4.79 Å². The van der Waals surface area contributed by atoms with Crippen molar-refractivity contribution in [3.8, 4) is 11.8 Å². The SMILES string of the molecule is COC(=O)C1(COc2ccc(C#N)cc2)CN(C(=O)OC(C)(C)C)C1. The van der Waals surface area contributed by atoms with Crippen LogP contribution >= 0.6 is 0 Å². The normalized spacial score (nSPS) is 15.6. The lowest BCUT2D eigenvalue weighted by Gasteiger charge is -2.47. The summed E-state index contributed by atoms with van der Waals surface area (Å²) < 4.78 is 15.8. The molecule has 1 saturated heterocycles. The van der Waals surface area contributed by atoms with E-state index in [0.717, 1.165) is 0 Å². The molecule has 1 aliphatic rings. The second kappa shape index (κ2) is 7.01. The van der Waals surface area contributed by atoms with Crippen LogP contribution < -0.4 is 4.74 Å². The number of carbonyl (C=O) groups is 2. The molecule has 2 rings (SSSR count). The second-order valence-electron chi connectivity index (χ2n) is 7.03. The summed E-state index contributed by atoms with van der Waals surface area (Å²) in [7, 11) is 1.31. The fourth-order valence-corrected chi connectivity index (χ4v) is 2.48. The van der Waals surface area contributed by atoms with E-state index in [4.69, 9.17) is 19.5 Å². The van der Waals surface area contributed by atoms with E-state index in [1.807, 2.05) is 6.07 Å². The predicted molar refractivity (Wildman–Crippen MR) is 88.9 cm³/mol. The molecule has 1 fully saturated rings. The highest BCUT2D eigenvalue weighted by Gasteiger charge is 2.54. The zero-order chi connectivity index (χ0) is 18.7. The van der Waals surface area contributed by atoms with Crippen molar-refractivity contribution in [2.24, 2.45) is 5.41 Å². The van der Waals surface area contributed by atoms with Crippen LogP contribution in [0.5, 0.6) is 5.75 Å². The standard InChI is InChI=1S/C18H22N2O5/c1-17(2,3)25-16(22)20-10-18(11-20,15(21)23-4)12-24-14-7-5-13(9-19)6-8-14/h5-8H,10-12H2,1-4H3. The van der Waals surface area contributed by atoms with Crippen LogP contribution in [-0.2, 0) is 14.3 Å². The van der Waals surface area contributed by atoms with Gasteiger partial charge in [-0.05, 0) is 45.0 Å². The summed E-state index contributed by atoms with van der Waals surface area (Å²) in [5.41, 5.74) is -0.992. The molecule has 0 bridgehead atoms. The van der Waals surface area contributed by atoms with Crippen LogP contribution in [0.25, 0.3) is 0 Å². The number of likely N-dealkylation sites (tertiary alicyclic amines) is 1. The van der Waals surface area contributed by atoms with Crippen molar-refractivity contribution in [3.63, 3.8) is 0 Å². The zero-order valence-corrected chi connectivity index (χ0v) is 14.9. The van der Waals surface area contributed by atoms with Gasteiger partial charge >= 0.3 is 12.1 Å². The molecule has 0 aromatic heterocycles. The number of nitriles is 1. The third kappa shape index (κ3) is 4.41. The van der Waals surface area contributed by atoms with E-state index in [9.17, 15) is 9.59 Å². The molecule has 1 aromatic carbocycles. The fraction of sp³-hybridized carbons (Fsp3) is 0.500. The van der Waals surface area contributed by atoms with E-state index in [0.29, 0.717) is 11.3 Å². The Bertz CT molecular complexity index is 679. The van der Waals surface area contributed by atoms with Crippen molar-refractivity contribution in [2.75, 3.05) is 26.8 Å². The Labute approximate surface area is 147 Å². The summed E-state index contributed by atoms with van der Waals surface area (Å²) in [6.07, 6.45) is -0.467. The molecular formula is C18H22N2O5. The van der Waals surface area contributed by atoms with Crippen molar-refractivity contribution >= 4 is 12.1 Å². The third-order valence-electron chi connectivity index (χ3n) is 3.76. The minimum atomic E-state index is -0.917. The zero-order valence-electron chi connectivity index (χ0n) is 14.9. The van der Waals surface area contributed by atoms with Gasteiger partial charge in [0.25, 0.3) is 0 Å². The first-order chi connectivity index (χ1) is 11.7. The van der Waals surface area contributed by atoms with E-state index >= 15 is 0 Å². The van der Waals surface area contributed by atoms with Crippen molar-refractivity contribution in [2.45, 2.75) is 26.4 Å². The molecule has 7 heteroatoms. The van der Waals surface area contributed by atoms with Gasteiger partial charge in [-0.1, -0.05) is 0 Å². The van der Waals surface area contributed by atoms with Gasteiger partial charge in [-0.2, -0.15) is 5.26 Å². The maximum absolute atomic E-state index is 12.2. The lowest BCUT2D eigenvalue weighted by molar-refractivity contribution is -0.166. The molecule has 1 aliphatic heterocycles. The highest BCUT2D eigenvalue weighted by molar-refractivity contribution is 5.82. The first-order valence-electron chi connectivity index (χ1n) is 7.88. The van der Waals surface area contributed by atoms with Gasteiger partial charge in [-0.15, -0.1) is 0 Å². The molecule has 1 heterocycles. The Hall–Kier alpha value is -2.75. The minimum Gasteiger partial charge on any atom is -0.492 e. The summed E-state index contributed by atoms with van der Waals surface area (Å²) >= 11 is 0. The summed E-state index contributed by atoms with van der Waals surface area (Å²) in [6, 6.07) is 8.61. The molecule has 134 valence electrons. The Morgan fingerprint density at radius 1 is 1.24 bits per heavy atom. The van der Waals surface area contributed by atoms with Crippen LogP contribution in [0.3, 0.4) is 0 Å². The van der Waals surface area contributed by atoms with Crippen LogP contribution in [0.15, 0.2) is 24.3 Å². The Morgan fingerprint density at radius 3 is 2.32 bits per heavy atom. The van der Waals surface area contributed by atoms with Crippen molar-refractivity contribution in [1.82, 2.24) is 4.90 Å². The number of amides is 1. The Morgan fingerprint density at radius 2 is 1.84 bits per heavy atom. The van der Waals surface area contributed by atoms with E-state index in [1.54, 1.807) is 45.0 Å². The maximum Gasteiger partial charge on any atom is 0.410 e. The second-order valence-corrected chi connectivity index (χ2v) is 7.03. The van der Waals surface area contributed by atoms with Crippen LogP contribution in [0.1, 0.15) is 26.3 Å². The molecule has 0 aliphatic carbocycles. The number of hydrogen-bond donors (Lipinski definition) is 0. The molecule has 0 radical (unpaired) electrons. The van der Waals surface area contributed by atoms with Crippen molar-refractivity contribution in [3.05, 3.63) is 29.8 Å². The molecule has 0 unspecified atom stereocenters. The van der Waals surface area contributed by atoms with Gasteiger partial charge in [0, 0.05) is 13.1 Å². The lowest BCUT2D eigenvalue weighted by Crippen LogP contribution is -2.65. The van der Waals surface area contributed by atoms with E-state index < -0.39 is 23.1 Å². The van der Waals surface area contributed by atoms with Crippen LogP contribution in [0.2, 0.25) is 0 Å². The number of hydrogen-bond acceptors (Lipinski definition) is 6. The van der Waals surface area contributed by atoms with Gasteiger partial charge in [0.15, 0.2) is 0 Å². The fourth-order valence-electron chi connectivity index (χ4n) is 2.48. The molecule has 7 nitrogen and oxygen atoms in total. The first kappa shape index (κ1) is 18.6. The molecular weight excluding hydrogens is 324 g/mol. The smallest absolute Gasteiger partial charge is 0.410 e. The van der Waals surface area contributed by atoms with Gasteiger partial charge in [0.05, 0.1) is 18.7 Å². The maximum atomic E-state index is 12.2. The average Bonchev–Trinajstić information content (AvgIpc) is 2.52. The molecule has 1 amide bonds. The highest BCUT2D eigenvalue weighted by Crippen LogP contribution is 2.34. The van der Waals surface area contributed by atoms with Gasteiger partial charge in [0.1, 0.15) is 23.4 Å². The number of nitrogens with zero attached hydrogens (tertiary/aromatic N) is 2. The lowest BCUT2D eigenvalue weighted by atomic mass is 9.81. The number of carbonyl (C=O) groups excluding carboxylic acids is 2. The molecule has 1 aromatic rings.